The molecule has 0 aromatic heterocycles. The predicted molar refractivity (Wildman–Crippen MR) is 67.3 cm³/mol. The summed E-state index contributed by atoms with van der Waals surface area (Å²) in [7, 11) is 2.10. The van der Waals surface area contributed by atoms with Crippen molar-refractivity contribution in [3.05, 3.63) is 60.3 Å². The molecule has 3 rings (SSSR count). The second-order valence-corrected chi connectivity index (χ2v) is 3.91. The summed E-state index contributed by atoms with van der Waals surface area (Å²) in [6.07, 6.45) is 10.4. The van der Waals surface area contributed by atoms with Crippen molar-refractivity contribution in [1.29, 1.82) is 0 Å². The summed E-state index contributed by atoms with van der Waals surface area (Å²) in [5.41, 5.74) is 4.71. The van der Waals surface area contributed by atoms with Crippen LogP contribution in [0.15, 0.2) is 60.3 Å². The van der Waals surface area contributed by atoms with Crippen LogP contribution >= 0.6 is 0 Å². The van der Waals surface area contributed by atoms with Gasteiger partial charge < -0.3 is 5.32 Å². The third kappa shape index (κ3) is 1.31. The van der Waals surface area contributed by atoms with Gasteiger partial charge in [0.05, 0.1) is 0 Å². The number of hydrogen-bond acceptors (Lipinski definition) is 1. The average molecular weight is 209 g/mol. The van der Waals surface area contributed by atoms with Crippen LogP contribution in [0.1, 0.15) is 0 Å². The number of nitrogens with one attached hydrogen (secondary N) is 1. The minimum Gasteiger partial charge on any atom is -0.345 e. The first-order chi connectivity index (χ1) is 7.86. The summed E-state index contributed by atoms with van der Waals surface area (Å²) in [6.45, 7) is 0. The molecule has 1 aromatic carbocycles. The van der Waals surface area contributed by atoms with Crippen LogP contribution in [-0.4, -0.2) is 17.3 Å². The number of rotatable bonds is 0. The fraction of sp³-hybridized carbons (Fsp3) is 0.0714. The van der Waals surface area contributed by atoms with Gasteiger partial charge in [0, 0.05) is 12.1 Å². The second kappa shape index (κ2) is 3.49. The number of para-hydroxylation sites is 2. The Morgan fingerprint density at radius 3 is 2.88 bits per heavy atom. The highest BCUT2D eigenvalue weighted by Crippen LogP contribution is 2.29. The van der Waals surface area contributed by atoms with Gasteiger partial charge in [-0.15, -0.1) is 0 Å². The highest BCUT2D eigenvalue weighted by Gasteiger charge is 2.25. The number of allylic oxidation sites excluding steroid dienone is 5. The lowest BCUT2D eigenvalue weighted by Gasteiger charge is -2.17. The van der Waals surface area contributed by atoms with Crippen LogP contribution < -0.4 is 5.32 Å². The second-order valence-electron chi connectivity index (χ2n) is 3.91. The Kier molecular flexibility index (Phi) is 2.00. The Morgan fingerprint density at radius 2 is 1.94 bits per heavy atom. The van der Waals surface area contributed by atoms with Crippen LogP contribution in [-0.2, 0) is 0 Å². The maximum atomic E-state index is 3.45. The van der Waals surface area contributed by atoms with Crippen molar-refractivity contribution in [2.45, 2.75) is 0 Å². The largest absolute Gasteiger partial charge is 0.345 e. The molecule has 0 saturated heterocycles. The van der Waals surface area contributed by atoms with E-state index in [0.29, 0.717) is 0 Å². The Hall–Kier alpha value is -2.09. The van der Waals surface area contributed by atoms with E-state index in [1.807, 2.05) is 18.2 Å². The van der Waals surface area contributed by atoms with E-state index >= 15 is 0 Å². The van der Waals surface area contributed by atoms with E-state index in [0.717, 1.165) is 11.4 Å². The number of hydrogen-bond donors (Lipinski definition) is 1. The fourth-order valence-electron chi connectivity index (χ4n) is 2.08. The van der Waals surface area contributed by atoms with E-state index in [-0.39, 0.29) is 0 Å². The molecule has 2 nitrogen and oxygen atoms in total. The van der Waals surface area contributed by atoms with E-state index in [4.69, 9.17) is 0 Å². The lowest BCUT2D eigenvalue weighted by molar-refractivity contribution is -0.403. The fourth-order valence-corrected chi connectivity index (χ4v) is 2.08. The third-order valence-electron chi connectivity index (χ3n) is 2.91. The molecule has 0 amide bonds. The summed E-state index contributed by atoms with van der Waals surface area (Å²) >= 11 is 0. The van der Waals surface area contributed by atoms with Gasteiger partial charge in [-0.1, -0.05) is 30.4 Å². The predicted octanol–water partition coefficient (Wildman–Crippen LogP) is 2.84. The standard InChI is InChI=1S/C14H12N2/c1-16-13-9-4-2-3-7-11(13)15-12-8-5-6-10-14(12)16/h2-10H,1H3/p+1. The van der Waals surface area contributed by atoms with Crippen molar-refractivity contribution < 1.29 is 4.58 Å². The monoisotopic (exact) mass is 209 g/mol. The Morgan fingerprint density at radius 1 is 1.06 bits per heavy atom. The SMILES string of the molecule is C[N+]1=C2C=CC=CC=C2Nc2ccccc21. The lowest BCUT2D eigenvalue weighted by atomic mass is 10.1. The van der Waals surface area contributed by atoms with Gasteiger partial charge in [-0.3, -0.25) is 0 Å². The van der Waals surface area contributed by atoms with Crippen molar-refractivity contribution in [3.63, 3.8) is 0 Å². The maximum absolute atomic E-state index is 3.45. The molecule has 1 N–H and O–H groups in total. The number of fused-ring (bicyclic) bond motifs is 2. The van der Waals surface area contributed by atoms with Gasteiger partial charge in [0.2, 0.25) is 11.4 Å². The molecule has 1 aliphatic carbocycles. The van der Waals surface area contributed by atoms with Gasteiger partial charge in [0.25, 0.3) is 0 Å². The molecule has 0 spiro atoms. The molecule has 0 bridgehead atoms. The van der Waals surface area contributed by atoms with Gasteiger partial charge in [-0.05, 0) is 12.1 Å². The zero-order chi connectivity index (χ0) is 11.0. The number of benzene rings is 1. The van der Waals surface area contributed by atoms with Crippen molar-refractivity contribution >= 4 is 17.1 Å². The number of nitrogens with zero attached hydrogens (tertiary/aromatic N) is 1. The molecule has 0 radical (unpaired) electrons. The molecule has 0 atom stereocenters. The van der Waals surface area contributed by atoms with Crippen molar-refractivity contribution in [2.75, 3.05) is 12.4 Å². The molecular formula is C14H13N2+. The van der Waals surface area contributed by atoms with E-state index < -0.39 is 0 Å². The van der Waals surface area contributed by atoms with Crippen LogP contribution in [0.4, 0.5) is 11.4 Å². The van der Waals surface area contributed by atoms with Crippen LogP contribution in [0, 0.1) is 0 Å². The highest BCUT2D eigenvalue weighted by atomic mass is 15.1. The summed E-state index contributed by atoms with van der Waals surface area (Å²) in [4.78, 5) is 0. The Labute approximate surface area is 94.9 Å². The quantitative estimate of drug-likeness (QED) is 0.649. The normalized spacial score (nSPS) is 17.2. The smallest absolute Gasteiger partial charge is 0.229 e. The van der Waals surface area contributed by atoms with Crippen LogP contribution in [0.5, 0.6) is 0 Å². The Bertz CT molecular complexity index is 560. The van der Waals surface area contributed by atoms with Crippen LogP contribution in [0.2, 0.25) is 0 Å². The average Bonchev–Trinajstić information content (AvgIpc) is 2.55. The zero-order valence-electron chi connectivity index (χ0n) is 9.14. The molecule has 78 valence electrons. The molecule has 2 aliphatic rings. The van der Waals surface area contributed by atoms with Crippen LogP contribution in [0.25, 0.3) is 0 Å². The minimum atomic E-state index is 1.14. The molecule has 2 heteroatoms. The number of anilines is 1. The first-order valence-corrected chi connectivity index (χ1v) is 5.38. The van der Waals surface area contributed by atoms with Gasteiger partial charge in [-0.25, -0.2) is 0 Å². The molecule has 0 unspecified atom stereocenters. The highest BCUT2D eigenvalue weighted by molar-refractivity contribution is 6.09. The van der Waals surface area contributed by atoms with Gasteiger partial charge in [-0.2, -0.15) is 4.58 Å². The van der Waals surface area contributed by atoms with E-state index in [1.165, 1.54) is 11.4 Å². The van der Waals surface area contributed by atoms with E-state index in [2.05, 4.69) is 53.4 Å². The van der Waals surface area contributed by atoms with E-state index in [9.17, 15) is 0 Å². The van der Waals surface area contributed by atoms with Crippen molar-refractivity contribution in [2.24, 2.45) is 0 Å². The molecule has 1 heterocycles. The maximum Gasteiger partial charge on any atom is 0.229 e. The Balaban J connectivity index is 2.26. The summed E-state index contributed by atoms with van der Waals surface area (Å²) < 4.78 is 2.21. The van der Waals surface area contributed by atoms with E-state index in [1.54, 1.807) is 0 Å². The third-order valence-corrected chi connectivity index (χ3v) is 2.91. The van der Waals surface area contributed by atoms with Gasteiger partial charge in [0.1, 0.15) is 18.4 Å². The van der Waals surface area contributed by atoms with Gasteiger partial charge >= 0.3 is 0 Å². The first kappa shape index (κ1) is 9.16. The summed E-state index contributed by atoms with van der Waals surface area (Å²) in [6, 6.07) is 8.33. The molecule has 1 aliphatic heterocycles. The lowest BCUT2D eigenvalue weighted by Crippen LogP contribution is -2.23. The van der Waals surface area contributed by atoms with Crippen molar-refractivity contribution in [1.82, 2.24) is 0 Å². The van der Waals surface area contributed by atoms with Crippen LogP contribution in [0.3, 0.4) is 0 Å². The molecule has 1 aromatic rings. The molecule has 16 heavy (non-hydrogen) atoms. The first-order valence-electron chi connectivity index (χ1n) is 5.38. The van der Waals surface area contributed by atoms with Crippen molar-refractivity contribution in [3.8, 4) is 0 Å². The summed E-state index contributed by atoms with van der Waals surface area (Å²) in [5.74, 6) is 0. The molecular weight excluding hydrogens is 196 g/mol. The topological polar surface area (TPSA) is 15.0 Å². The molecule has 0 saturated carbocycles. The molecule has 0 fully saturated rings. The minimum absolute atomic E-state index is 1.14. The van der Waals surface area contributed by atoms with Gasteiger partial charge in [0.15, 0.2) is 0 Å². The zero-order valence-corrected chi connectivity index (χ0v) is 9.14. The summed E-state index contributed by atoms with van der Waals surface area (Å²) in [5, 5.41) is 3.45.